The zero-order chi connectivity index (χ0) is 23.0. The Morgan fingerprint density at radius 2 is 1.94 bits per heavy atom. The van der Waals surface area contributed by atoms with E-state index in [1.54, 1.807) is 6.20 Å². The highest BCUT2D eigenvalue weighted by Crippen LogP contribution is 2.35. The quantitative estimate of drug-likeness (QED) is 0.487. The molecule has 1 saturated carbocycles. The number of nitrogens with zero attached hydrogens (tertiary/aromatic N) is 2. The van der Waals surface area contributed by atoms with Crippen LogP contribution in [0.4, 0.5) is 0 Å². The maximum absolute atomic E-state index is 12.5. The van der Waals surface area contributed by atoms with Crippen molar-refractivity contribution in [3.8, 4) is 0 Å². The van der Waals surface area contributed by atoms with Crippen LogP contribution in [0.2, 0.25) is 0 Å². The lowest BCUT2D eigenvalue weighted by Gasteiger charge is -2.37. The van der Waals surface area contributed by atoms with Crippen molar-refractivity contribution in [1.29, 1.82) is 0 Å². The van der Waals surface area contributed by atoms with Gasteiger partial charge in [0.1, 0.15) is 0 Å². The van der Waals surface area contributed by atoms with Crippen LogP contribution in [-0.4, -0.2) is 71.7 Å². The summed E-state index contributed by atoms with van der Waals surface area (Å²) in [6, 6.07) is 6.29. The molecule has 176 valence electrons. The highest BCUT2D eigenvalue weighted by molar-refractivity contribution is 5.83. The second kappa shape index (κ2) is 11.4. The number of hydrogen-bond donors (Lipinski definition) is 3. The molecule has 2 atom stereocenters. The molecule has 9 heteroatoms. The van der Waals surface area contributed by atoms with E-state index in [9.17, 15) is 9.59 Å². The van der Waals surface area contributed by atoms with Gasteiger partial charge < -0.3 is 20.5 Å². The van der Waals surface area contributed by atoms with Crippen molar-refractivity contribution in [3.63, 3.8) is 0 Å². The summed E-state index contributed by atoms with van der Waals surface area (Å²) in [5, 5.41) is 13.0. The van der Waals surface area contributed by atoms with Gasteiger partial charge in [-0.15, -0.1) is 0 Å². The van der Waals surface area contributed by atoms with Gasteiger partial charge in [0, 0.05) is 37.8 Å². The fourth-order valence-corrected chi connectivity index (χ4v) is 4.29. The molecule has 1 aromatic heterocycles. The molecule has 4 rings (SSSR count). The smallest absolute Gasteiger partial charge is 0.290 e. The van der Waals surface area contributed by atoms with Gasteiger partial charge in [-0.1, -0.05) is 6.07 Å². The number of carboxylic acid groups (broad SMARTS) is 1. The standard InChI is InChI=1S/C22H32N4O3.CH2O2/c1-22(14-29-15-22)21(28)25-12-19-8-7-18(26(19)13-16-5-6-16)10-20(27)24-11-17-4-2-3-9-23-17;2-1-3/h2-4,9,16,18-19H,5-8,10-15H2,1H3,(H,24,27)(H,25,28);1H,(H,2,3)/t18-,19+;/m1./s1. The fourth-order valence-electron chi connectivity index (χ4n) is 4.29. The van der Waals surface area contributed by atoms with Crippen LogP contribution in [0.3, 0.4) is 0 Å². The van der Waals surface area contributed by atoms with E-state index in [1.165, 1.54) is 12.8 Å². The molecule has 3 fully saturated rings. The molecule has 0 spiro atoms. The van der Waals surface area contributed by atoms with E-state index < -0.39 is 0 Å². The highest BCUT2D eigenvalue weighted by Gasteiger charge is 2.42. The lowest BCUT2D eigenvalue weighted by molar-refractivity contribution is -0.157. The van der Waals surface area contributed by atoms with Gasteiger partial charge in [0.15, 0.2) is 0 Å². The molecule has 2 aliphatic heterocycles. The summed E-state index contributed by atoms with van der Waals surface area (Å²) in [6.07, 6.45) is 6.84. The van der Waals surface area contributed by atoms with Crippen LogP contribution in [0.5, 0.6) is 0 Å². The number of aromatic nitrogens is 1. The minimum atomic E-state index is -0.370. The Kier molecular flexibility index (Phi) is 8.58. The summed E-state index contributed by atoms with van der Waals surface area (Å²) in [6.45, 7) is 4.89. The summed E-state index contributed by atoms with van der Waals surface area (Å²) < 4.78 is 5.21. The number of nitrogens with one attached hydrogen (secondary N) is 2. The lowest BCUT2D eigenvalue weighted by Crippen LogP contribution is -2.54. The van der Waals surface area contributed by atoms with E-state index in [-0.39, 0.29) is 29.7 Å². The second-order valence-corrected chi connectivity index (χ2v) is 9.20. The third kappa shape index (κ3) is 6.74. The molecule has 1 aliphatic carbocycles. The molecule has 3 heterocycles. The fraction of sp³-hybridized carbons (Fsp3) is 0.652. The Hall–Kier alpha value is -2.52. The molecular weight excluding hydrogens is 412 g/mol. The van der Waals surface area contributed by atoms with Crippen molar-refractivity contribution in [3.05, 3.63) is 30.1 Å². The topological polar surface area (TPSA) is 121 Å². The largest absolute Gasteiger partial charge is 0.483 e. The number of hydrogen-bond acceptors (Lipinski definition) is 6. The van der Waals surface area contributed by atoms with Crippen LogP contribution in [0.15, 0.2) is 24.4 Å². The number of carbonyl (C=O) groups is 3. The molecule has 0 bridgehead atoms. The van der Waals surface area contributed by atoms with Crippen molar-refractivity contribution in [2.45, 2.75) is 57.7 Å². The average Bonchev–Trinajstić information content (AvgIpc) is 3.52. The molecule has 2 saturated heterocycles. The summed E-state index contributed by atoms with van der Waals surface area (Å²) in [5.41, 5.74) is 0.501. The number of ether oxygens (including phenoxy) is 1. The molecule has 3 aliphatic rings. The number of carbonyl (C=O) groups excluding carboxylic acids is 2. The van der Waals surface area contributed by atoms with Crippen LogP contribution < -0.4 is 10.6 Å². The number of pyridine rings is 1. The zero-order valence-electron chi connectivity index (χ0n) is 18.7. The minimum absolute atomic E-state index is 0.0743. The Morgan fingerprint density at radius 1 is 1.22 bits per heavy atom. The van der Waals surface area contributed by atoms with Crippen LogP contribution in [-0.2, 0) is 25.7 Å². The Bertz CT molecular complexity index is 767. The summed E-state index contributed by atoms with van der Waals surface area (Å²) in [4.78, 5) is 40.1. The predicted molar refractivity (Wildman–Crippen MR) is 118 cm³/mol. The summed E-state index contributed by atoms with van der Waals surface area (Å²) >= 11 is 0. The van der Waals surface area contributed by atoms with E-state index in [4.69, 9.17) is 14.6 Å². The van der Waals surface area contributed by atoms with Crippen LogP contribution in [0.1, 0.15) is 44.7 Å². The predicted octanol–water partition coefficient (Wildman–Crippen LogP) is 1.18. The van der Waals surface area contributed by atoms with Gasteiger partial charge in [0.25, 0.3) is 6.47 Å². The molecule has 0 unspecified atom stereocenters. The van der Waals surface area contributed by atoms with Crippen LogP contribution in [0, 0.1) is 11.3 Å². The maximum Gasteiger partial charge on any atom is 0.290 e. The van der Waals surface area contributed by atoms with E-state index in [2.05, 4.69) is 20.5 Å². The lowest BCUT2D eigenvalue weighted by atomic mass is 9.87. The monoisotopic (exact) mass is 446 g/mol. The first-order valence-electron chi connectivity index (χ1n) is 11.3. The minimum Gasteiger partial charge on any atom is -0.483 e. The third-order valence-corrected chi connectivity index (χ3v) is 6.44. The van der Waals surface area contributed by atoms with Gasteiger partial charge in [-0.05, 0) is 50.7 Å². The van der Waals surface area contributed by atoms with Gasteiger partial charge in [-0.3, -0.25) is 24.3 Å². The molecular formula is C23H34N4O5. The zero-order valence-corrected chi connectivity index (χ0v) is 18.7. The van der Waals surface area contributed by atoms with Crippen LogP contribution >= 0.6 is 0 Å². The maximum atomic E-state index is 12.5. The number of likely N-dealkylation sites (tertiary alicyclic amines) is 1. The van der Waals surface area contributed by atoms with Gasteiger partial charge in [-0.2, -0.15) is 0 Å². The van der Waals surface area contributed by atoms with Crippen molar-refractivity contribution in [2.75, 3.05) is 26.3 Å². The molecule has 0 aromatic carbocycles. The highest BCUT2D eigenvalue weighted by atomic mass is 16.5. The van der Waals surface area contributed by atoms with E-state index >= 15 is 0 Å². The first-order valence-corrected chi connectivity index (χ1v) is 11.3. The van der Waals surface area contributed by atoms with Gasteiger partial charge in [0.2, 0.25) is 11.8 Å². The Balaban J connectivity index is 0.000000913. The van der Waals surface area contributed by atoms with Crippen LogP contribution in [0.25, 0.3) is 0 Å². The Labute approximate surface area is 188 Å². The average molecular weight is 447 g/mol. The van der Waals surface area contributed by atoms with E-state index in [0.29, 0.717) is 38.8 Å². The molecule has 2 amide bonds. The van der Waals surface area contributed by atoms with Crippen molar-refractivity contribution in [2.24, 2.45) is 11.3 Å². The third-order valence-electron chi connectivity index (χ3n) is 6.44. The van der Waals surface area contributed by atoms with Gasteiger partial charge in [-0.25, -0.2) is 0 Å². The van der Waals surface area contributed by atoms with Gasteiger partial charge >= 0.3 is 0 Å². The van der Waals surface area contributed by atoms with E-state index in [1.807, 2.05) is 25.1 Å². The molecule has 3 N–H and O–H groups in total. The van der Waals surface area contributed by atoms with Crippen molar-refractivity contribution < 1.29 is 24.2 Å². The van der Waals surface area contributed by atoms with Gasteiger partial charge in [0.05, 0.1) is 30.9 Å². The van der Waals surface area contributed by atoms with E-state index in [0.717, 1.165) is 31.0 Å². The first-order chi connectivity index (χ1) is 15.4. The first kappa shape index (κ1) is 24.1. The molecule has 1 aromatic rings. The summed E-state index contributed by atoms with van der Waals surface area (Å²) in [7, 11) is 0. The van der Waals surface area contributed by atoms with Crippen molar-refractivity contribution in [1.82, 2.24) is 20.5 Å². The number of rotatable bonds is 9. The number of amides is 2. The normalized spacial score (nSPS) is 23.9. The molecule has 32 heavy (non-hydrogen) atoms. The molecule has 9 nitrogen and oxygen atoms in total. The molecule has 0 radical (unpaired) electrons. The van der Waals surface area contributed by atoms with Crippen molar-refractivity contribution >= 4 is 18.3 Å². The SMILES string of the molecule is CC1(C(=O)NC[C@@H]2CC[C@H](CC(=O)NCc3ccccn3)N2CC2CC2)COC1.O=CO. The summed E-state index contributed by atoms with van der Waals surface area (Å²) in [5.74, 6) is 0.917. The Morgan fingerprint density at radius 3 is 2.53 bits per heavy atom. The second-order valence-electron chi connectivity index (χ2n) is 9.20.